The first-order chi connectivity index (χ1) is 16.4. The fourth-order valence-electron chi connectivity index (χ4n) is 4.29. The minimum Gasteiger partial charge on any atom is -0.496 e. The first-order valence-corrected chi connectivity index (χ1v) is 11.8. The summed E-state index contributed by atoms with van der Waals surface area (Å²) in [5, 5.41) is 4.94. The Labute approximate surface area is 201 Å². The van der Waals surface area contributed by atoms with Gasteiger partial charge in [0, 0.05) is 33.8 Å². The number of aromatic nitrogens is 1. The molecule has 6 heteroatoms. The number of allylic oxidation sites excluding steroid dienone is 1. The van der Waals surface area contributed by atoms with Crippen LogP contribution in [-0.4, -0.2) is 18.0 Å². The molecule has 170 valence electrons. The molecule has 2 aromatic heterocycles. The summed E-state index contributed by atoms with van der Waals surface area (Å²) in [5.74, 6) is 0.487. The van der Waals surface area contributed by atoms with E-state index in [1.807, 2.05) is 63.2 Å². The number of furan rings is 1. The van der Waals surface area contributed by atoms with Crippen LogP contribution in [0.4, 0.5) is 5.69 Å². The van der Waals surface area contributed by atoms with E-state index in [2.05, 4.69) is 22.4 Å². The molecule has 0 atom stereocenters. The molecular weight excluding hydrogens is 444 g/mol. The van der Waals surface area contributed by atoms with E-state index >= 15 is 0 Å². The van der Waals surface area contributed by atoms with Crippen molar-refractivity contribution in [3.05, 3.63) is 83.1 Å². The zero-order valence-electron chi connectivity index (χ0n) is 19.4. The quantitative estimate of drug-likeness (QED) is 0.273. The Morgan fingerprint density at radius 1 is 1.12 bits per heavy atom. The van der Waals surface area contributed by atoms with E-state index in [1.54, 1.807) is 30.8 Å². The highest BCUT2D eigenvalue weighted by Gasteiger charge is 2.18. The molecule has 1 N–H and O–H groups in total. The van der Waals surface area contributed by atoms with Gasteiger partial charge in [0.05, 0.1) is 28.6 Å². The minimum absolute atomic E-state index is 0.209. The lowest BCUT2D eigenvalue weighted by molar-refractivity contribution is -0.111. The van der Waals surface area contributed by atoms with Crippen molar-refractivity contribution in [2.45, 2.75) is 20.8 Å². The Balaban J connectivity index is 1.51. The van der Waals surface area contributed by atoms with E-state index in [1.165, 1.54) is 0 Å². The maximum atomic E-state index is 12.9. The molecule has 3 aromatic carbocycles. The monoisotopic (exact) mass is 468 g/mol. The van der Waals surface area contributed by atoms with Gasteiger partial charge in [0.1, 0.15) is 11.3 Å². The Morgan fingerprint density at radius 2 is 1.91 bits per heavy atom. The molecule has 0 unspecified atom stereocenters. The van der Waals surface area contributed by atoms with Gasteiger partial charge in [-0.15, -0.1) is 11.3 Å². The molecule has 0 aliphatic carbocycles. The summed E-state index contributed by atoms with van der Waals surface area (Å²) < 4.78 is 12.8. The normalized spacial score (nSPS) is 11.8. The number of aryl methyl sites for hydroxylation is 2. The maximum absolute atomic E-state index is 12.9. The summed E-state index contributed by atoms with van der Waals surface area (Å²) in [7, 11) is 1.64. The molecule has 0 spiro atoms. The van der Waals surface area contributed by atoms with E-state index in [4.69, 9.17) is 9.15 Å². The zero-order valence-corrected chi connectivity index (χ0v) is 20.2. The van der Waals surface area contributed by atoms with Crippen LogP contribution in [0.15, 0.2) is 71.4 Å². The van der Waals surface area contributed by atoms with Crippen molar-refractivity contribution in [2.75, 3.05) is 12.4 Å². The van der Waals surface area contributed by atoms with Gasteiger partial charge in [-0.3, -0.25) is 4.79 Å². The van der Waals surface area contributed by atoms with Crippen LogP contribution >= 0.6 is 11.3 Å². The van der Waals surface area contributed by atoms with Gasteiger partial charge in [-0.1, -0.05) is 30.3 Å². The van der Waals surface area contributed by atoms with Crippen LogP contribution in [0.1, 0.15) is 23.1 Å². The maximum Gasteiger partial charge on any atom is 0.248 e. The Morgan fingerprint density at radius 3 is 2.68 bits per heavy atom. The van der Waals surface area contributed by atoms with Crippen LogP contribution in [-0.2, 0) is 4.79 Å². The molecule has 0 radical (unpaired) electrons. The minimum atomic E-state index is -0.209. The smallest absolute Gasteiger partial charge is 0.248 e. The van der Waals surface area contributed by atoms with Crippen molar-refractivity contribution in [3.8, 4) is 16.9 Å². The molecule has 1 amide bonds. The van der Waals surface area contributed by atoms with E-state index in [0.717, 1.165) is 54.0 Å². The van der Waals surface area contributed by atoms with Crippen LogP contribution in [0.3, 0.4) is 0 Å². The number of carbonyl (C=O) groups excluding carboxylic acids is 1. The van der Waals surface area contributed by atoms with Crippen LogP contribution in [0.5, 0.6) is 5.75 Å². The number of ether oxygens (including phenoxy) is 1. The SMILES string of the molecule is COc1c(/C(C)=C/C(=O)Nc2ccc3sc(C)nc3c2)cc2c(-c3ccccc3)coc2c1C. The number of nitrogens with zero attached hydrogens (tertiary/aromatic N) is 1. The number of benzene rings is 3. The van der Waals surface area contributed by atoms with E-state index in [-0.39, 0.29) is 5.91 Å². The number of hydrogen-bond donors (Lipinski definition) is 1. The van der Waals surface area contributed by atoms with Gasteiger partial charge in [-0.05, 0) is 56.2 Å². The van der Waals surface area contributed by atoms with Gasteiger partial charge < -0.3 is 14.5 Å². The number of rotatable bonds is 5. The first-order valence-electron chi connectivity index (χ1n) is 11.0. The third kappa shape index (κ3) is 3.97. The molecule has 2 heterocycles. The van der Waals surface area contributed by atoms with Crippen LogP contribution in [0.25, 0.3) is 37.9 Å². The van der Waals surface area contributed by atoms with Crippen LogP contribution in [0.2, 0.25) is 0 Å². The number of hydrogen-bond acceptors (Lipinski definition) is 5. The predicted molar refractivity (Wildman–Crippen MR) is 140 cm³/mol. The second-order valence-electron chi connectivity index (χ2n) is 8.21. The van der Waals surface area contributed by atoms with E-state index in [0.29, 0.717) is 11.4 Å². The molecule has 5 rings (SSSR count). The Hall–Kier alpha value is -3.90. The number of amides is 1. The largest absolute Gasteiger partial charge is 0.496 e. The van der Waals surface area contributed by atoms with E-state index < -0.39 is 0 Å². The van der Waals surface area contributed by atoms with Gasteiger partial charge in [-0.2, -0.15) is 0 Å². The zero-order chi connectivity index (χ0) is 23.8. The summed E-state index contributed by atoms with van der Waals surface area (Å²) in [6.07, 6.45) is 3.38. The molecule has 5 nitrogen and oxygen atoms in total. The predicted octanol–water partition coefficient (Wildman–Crippen LogP) is 7.38. The molecule has 0 fully saturated rings. The van der Waals surface area contributed by atoms with Gasteiger partial charge >= 0.3 is 0 Å². The summed E-state index contributed by atoms with van der Waals surface area (Å²) in [5.41, 5.74) is 7.01. The molecule has 5 aromatic rings. The van der Waals surface area contributed by atoms with Crippen molar-refractivity contribution >= 4 is 49.7 Å². The van der Waals surface area contributed by atoms with E-state index in [9.17, 15) is 4.79 Å². The summed E-state index contributed by atoms with van der Waals surface area (Å²) in [6.45, 7) is 5.86. The summed E-state index contributed by atoms with van der Waals surface area (Å²) in [6, 6.07) is 17.9. The van der Waals surface area contributed by atoms with Crippen molar-refractivity contribution in [3.63, 3.8) is 0 Å². The highest BCUT2D eigenvalue weighted by Crippen LogP contribution is 2.40. The lowest BCUT2D eigenvalue weighted by Gasteiger charge is -2.13. The second kappa shape index (κ2) is 8.80. The third-order valence-electron chi connectivity index (χ3n) is 5.87. The lowest BCUT2D eigenvalue weighted by atomic mass is 9.96. The molecule has 0 aliphatic heterocycles. The lowest BCUT2D eigenvalue weighted by Crippen LogP contribution is -2.08. The Kier molecular flexibility index (Phi) is 5.67. The Bertz CT molecular complexity index is 1560. The van der Waals surface area contributed by atoms with Gasteiger partial charge in [0.25, 0.3) is 0 Å². The number of methoxy groups -OCH3 is 1. The third-order valence-corrected chi connectivity index (χ3v) is 6.82. The van der Waals surface area contributed by atoms with Crippen LogP contribution in [0, 0.1) is 13.8 Å². The first kappa shape index (κ1) is 21.9. The number of anilines is 1. The summed E-state index contributed by atoms with van der Waals surface area (Å²) in [4.78, 5) is 17.4. The molecule has 0 saturated heterocycles. The van der Waals surface area contributed by atoms with Crippen molar-refractivity contribution < 1.29 is 13.9 Å². The van der Waals surface area contributed by atoms with Gasteiger partial charge in [0.15, 0.2) is 0 Å². The van der Waals surface area contributed by atoms with Crippen molar-refractivity contribution in [2.24, 2.45) is 0 Å². The standard InChI is InChI=1S/C28H24N2O3S/c1-16(12-26(31)30-20-10-11-25-24(13-20)29-18(3)34-25)21-14-22-23(19-8-6-5-7-9-19)15-33-28(22)17(2)27(21)32-4/h5-15H,1-4H3,(H,30,31)/b16-12+. The second-order valence-corrected chi connectivity index (χ2v) is 9.44. The van der Waals surface area contributed by atoms with Crippen molar-refractivity contribution in [1.29, 1.82) is 0 Å². The number of fused-ring (bicyclic) bond motifs is 2. The van der Waals surface area contributed by atoms with Gasteiger partial charge in [0.2, 0.25) is 5.91 Å². The molecule has 0 aliphatic rings. The molecule has 0 saturated carbocycles. The highest BCUT2D eigenvalue weighted by atomic mass is 32.1. The fraction of sp³-hybridized carbons (Fsp3) is 0.143. The summed E-state index contributed by atoms with van der Waals surface area (Å²) >= 11 is 1.64. The number of nitrogens with one attached hydrogen (secondary N) is 1. The highest BCUT2D eigenvalue weighted by molar-refractivity contribution is 7.18. The molecular formula is C28H24N2O3S. The van der Waals surface area contributed by atoms with Crippen LogP contribution < -0.4 is 10.1 Å². The fourth-order valence-corrected chi connectivity index (χ4v) is 5.09. The number of thiazole rings is 1. The molecule has 34 heavy (non-hydrogen) atoms. The molecule has 0 bridgehead atoms. The van der Waals surface area contributed by atoms with Crippen molar-refractivity contribution in [1.82, 2.24) is 4.98 Å². The topological polar surface area (TPSA) is 64.4 Å². The average Bonchev–Trinajstić information content (AvgIpc) is 3.42. The average molecular weight is 469 g/mol. The number of carbonyl (C=O) groups is 1. The van der Waals surface area contributed by atoms with Gasteiger partial charge in [-0.25, -0.2) is 4.98 Å².